The molecule has 0 saturated heterocycles. The van der Waals surface area contributed by atoms with Crippen LogP contribution in [0.4, 0.5) is 0 Å². The molecule has 1 unspecified atom stereocenters. The number of benzene rings is 1. The number of hydrogen-bond acceptors (Lipinski definition) is 4. The number of halogens is 1. The molecule has 0 spiro atoms. The van der Waals surface area contributed by atoms with E-state index in [1.807, 2.05) is 31.2 Å². The maximum Gasteiger partial charge on any atom is 0.239 e. The highest BCUT2D eigenvalue weighted by Crippen LogP contribution is 2.18. The molecule has 23 heavy (non-hydrogen) atoms. The summed E-state index contributed by atoms with van der Waals surface area (Å²) in [4.78, 5) is 22.7. The molecule has 1 rings (SSSR count). The van der Waals surface area contributed by atoms with E-state index in [1.165, 1.54) is 0 Å². The van der Waals surface area contributed by atoms with Crippen LogP contribution >= 0.6 is 12.4 Å². The van der Waals surface area contributed by atoms with Gasteiger partial charge in [0.15, 0.2) is 0 Å². The molecule has 1 atom stereocenters. The predicted molar refractivity (Wildman–Crippen MR) is 92.6 cm³/mol. The fraction of sp³-hybridized carbons (Fsp3) is 0.500. The molecule has 2 amide bonds. The van der Waals surface area contributed by atoms with E-state index in [-0.39, 0.29) is 43.4 Å². The first-order valence-electron chi connectivity index (χ1n) is 7.41. The van der Waals surface area contributed by atoms with Crippen LogP contribution in [0.3, 0.4) is 0 Å². The van der Waals surface area contributed by atoms with Gasteiger partial charge in [0, 0.05) is 0 Å². The maximum absolute atomic E-state index is 11.7. The first kappa shape index (κ1) is 21.2. The molecule has 130 valence electrons. The molecule has 0 aliphatic carbocycles. The van der Waals surface area contributed by atoms with Crippen molar-refractivity contribution in [3.05, 3.63) is 29.8 Å². The Morgan fingerprint density at radius 3 is 2.26 bits per heavy atom. The Bertz CT molecular complexity index is 492. The van der Waals surface area contributed by atoms with Gasteiger partial charge in [-0.3, -0.25) is 9.59 Å². The molecule has 1 aromatic carbocycles. The van der Waals surface area contributed by atoms with Crippen molar-refractivity contribution in [2.24, 2.45) is 11.7 Å². The van der Waals surface area contributed by atoms with E-state index in [0.717, 1.165) is 11.3 Å². The maximum atomic E-state index is 11.7. The van der Waals surface area contributed by atoms with Crippen LogP contribution in [0.5, 0.6) is 5.75 Å². The highest BCUT2D eigenvalue weighted by atomic mass is 35.5. The highest BCUT2D eigenvalue weighted by molar-refractivity contribution is 5.85. The smallest absolute Gasteiger partial charge is 0.239 e. The fourth-order valence-corrected chi connectivity index (χ4v) is 1.74. The van der Waals surface area contributed by atoms with Gasteiger partial charge in [-0.15, -0.1) is 12.4 Å². The third-order valence-corrected chi connectivity index (χ3v) is 2.97. The Kier molecular flexibility index (Phi) is 10.0. The molecule has 0 fully saturated rings. The fourth-order valence-electron chi connectivity index (χ4n) is 1.74. The monoisotopic (exact) mass is 343 g/mol. The molecule has 1 aromatic rings. The van der Waals surface area contributed by atoms with Crippen LogP contribution in [-0.4, -0.2) is 31.5 Å². The van der Waals surface area contributed by atoms with Gasteiger partial charge in [-0.05, 0) is 30.5 Å². The number of nitrogens with two attached hydrogens (primary N) is 1. The SMILES string of the molecule is CC(C)COc1ccc(C(C)NC(=O)CNC(=O)CN)cc1.Cl. The van der Waals surface area contributed by atoms with Crippen LogP contribution in [0, 0.1) is 5.92 Å². The predicted octanol–water partition coefficient (Wildman–Crippen LogP) is 1.40. The molecule has 0 radical (unpaired) electrons. The molecule has 4 N–H and O–H groups in total. The van der Waals surface area contributed by atoms with Gasteiger partial charge in [0.05, 0.1) is 25.7 Å². The summed E-state index contributed by atoms with van der Waals surface area (Å²) in [5.41, 5.74) is 6.12. The van der Waals surface area contributed by atoms with Crippen molar-refractivity contribution in [3.63, 3.8) is 0 Å². The van der Waals surface area contributed by atoms with Crippen LogP contribution in [-0.2, 0) is 9.59 Å². The van der Waals surface area contributed by atoms with Crippen molar-refractivity contribution >= 4 is 24.2 Å². The molecular weight excluding hydrogens is 318 g/mol. The summed E-state index contributed by atoms with van der Waals surface area (Å²) in [6.07, 6.45) is 0. The van der Waals surface area contributed by atoms with E-state index in [9.17, 15) is 9.59 Å². The van der Waals surface area contributed by atoms with Crippen molar-refractivity contribution in [1.82, 2.24) is 10.6 Å². The highest BCUT2D eigenvalue weighted by Gasteiger charge is 2.10. The quantitative estimate of drug-likeness (QED) is 0.665. The van der Waals surface area contributed by atoms with Gasteiger partial charge < -0.3 is 21.1 Å². The zero-order valence-corrected chi connectivity index (χ0v) is 14.6. The summed E-state index contributed by atoms with van der Waals surface area (Å²) < 4.78 is 5.61. The van der Waals surface area contributed by atoms with Gasteiger partial charge in [-0.25, -0.2) is 0 Å². The van der Waals surface area contributed by atoms with Crippen LogP contribution in [0.15, 0.2) is 24.3 Å². The molecule has 0 aromatic heterocycles. The average Bonchev–Trinajstić information content (AvgIpc) is 2.50. The first-order chi connectivity index (χ1) is 10.4. The van der Waals surface area contributed by atoms with Gasteiger partial charge in [-0.1, -0.05) is 26.0 Å². The second-order valence-corrected chi connectivity index (χ2v) is 5.54. The lowest BCUT2D eigenvalue weighted by Gasteiger charge is -2.15. The van der Waals surface area contributed by atoms with Crippen LogP contribution in [0.2, 0.25) is 0 Å². The number of hydrogen-bond donors (Lipinski definition) is 3. The van der Waals surface area contributed by atoms with Gasteiger partial charge in [-0.2, -0.15) is 0 Å². The molecule has 0 bridgehead atoms. The Hall–Kier alpha value is -1.79. The van der Waals surface area contributed by atoms with Gasteiger partial charge >= 0.3 is 0 Å². The summed E-state index contributed by atoms with van der Waals surface area (Å²) in [7, 11) is 0. The standard InChI is InChI=1S/C16H25N3O3.ClH/c1-11(2)10-22-14-6-4-13(5-7-14)12(3)19-16(21)9-18-15(20)8-17;/h4-7,11-12H,8-10,17H2,1-3H3,(H,18,20)(H,19,21);1H. The van der Waals surface area contributed by atoms with Crippen molar-refractivity contribution in [2.45, 2.75) is 26.8 Å². The van der Waals surface area contributed by atoms with E-state index in [2.05, 4.69) is 24.5 Å². The minimum atomic E-state index is -0.352. The lowest BCUT2D eigenvalue weighted by atomic mass is 10.1. The minimum Gasteiger partial charge on any atom is -0.493 e. The molecule has 0 saturated carbocycles. The van der Waals surface area contributed by atoms with E-state index < -0.39 is 0 Å². The topological polar surface area (TPSA) is 93.5 Å². The summed E-state index contributed by atoms with van der Waals surface area (Å²) in [6, 6.07) is 7.45. The third-order valence-electron chi connectivity index (χ3n) is 2.97. The van der Waals surface area contributed by atoms with Gasteiger partial charge in [0.25, 0.3) is 0 Å². The van der Waals surface area contributed by atoms with E-state index >= 15 is 0 Å². The largest absolute Gasteiger partial charge is 0.493 e. The van der Waals surface area contributed by atoms with Gasteiger partial charge in [0.2, 0.25) is 11.8 Å². The summed E-state index contributed by atoms with van der Waals surface area (Å²) in [5.74, 6) is 0.677. The zero-order chi connectivity index (χ0) is 16.5. The second-order valence-electron chi connectivity index (χ2n) is 5.54. The minimum absolute atomic E-state index is 0. The summed E-state index contributed by atoms with van der Waals surface area (Å²) >= 11 is 0. The van der Waals surface area contributed by atoms with Crippen molar-refractivity contribution in [1.29, 1.82) is 0 Å². The summed E-state index contributed by atoms with van der Waals surface area (Å²) in [5, 5.41) is 5.24. The molecular formula is C16H26ClN3O3. The number of ether oxygens (including phenoxy) is 1. The number of rotatable bonds is 8. The first-order valence-corrected chi connectivity index (χ1v) is 7.41. The van der Waals surface area contributed by atoms with Crippen molar-refractivity contribution in [2.75, 3.05) is 19.7 Å². The lowest BCUT2D eigenvalue weighted by molar-refractivity contribution is -0.125. The Morgan fingerprint density at radius 1 is 1.13 bits per heavy atom. The number of amides is 2. The lowest BCUT2D eigenvalue weighted by Crippen LogP contribution is -2.40. The molecule has 0 heterocycles. The van der Waals surface area contributed by atoms with Crippen molar-refractivity contribution < 1.29 is 14.3 Å². The van der Waals surface area contributed by atoms with Crippen LogP contribution < -0.4 is 21.1 Å². The third kappa shape index (κ3) is 8.42. The number of carbonyl (C=O) groups excluding carboxylic acids is 2. The van der Waals surface area contributed by atoms with Crippen LogP contribution in [0.25, 0.3) is 0 Å². The summed E-state index contributed by atoms with van der Waals surface area (Å²) in [6.45, 7) is 6.54. The molecule has 0 aliphatic rings. The van der Waals surface area contributed by atoms with Gasteiger partial charge in [0.1, 0.15) is 5.75 Å². The number of carbonyl (C=O) groups is 2. The Labute approximate surface area is 143 Å². The molecule has 0 aliphatic heterocycles. The van der Waals surface area contributed by atoms with E-state index in [1.54, 1.807) is 0 Å². The molecule has 6 nitrogen and oxygen atoms in total. The molecule has 7 heteroatoms. The Balaban J connectivity index is 0.00000484. The second kappa shape index (κ2) is 10.9. The number of nitrogens with one attached hydrogen (secondary N) is 2. The van der Waals surface area contributed by atoms with Crippen LogP contribution in [0.1, 0.15) is 32.4 Å². The Morgan fingerprint density at radius 2 is 1.74 bits per heavy atom. The zero-order valence-electron chi connectivity index (χ0n) is 13.8. The van der Waals surface area contributed by atoms with E-state index in [0.29, 0.717) is 12.5 Å². The van der Waals surface area contributed by atoms with E-state index in [4.69, 9.17) is 10.5 Å². The van der Waals surface area contributed by atoms with Crippen molar-refractivity contribution in [3.8, 4) is 5.75 Å². The normalized spacial score (nSPS) is 11.3. The average molecular weight is 344 g/mol.